The van der Waals surface area contributed by atoms with Crippen molar-refractivity contribution in [1.82, 2.24) is 14.7 Å². The predicted molar refractivity (Wildman–Crippen MR) is 96.9 cm³/mol. The quantitative estimate of drug-likeness (QED) is 0.838. The summed E-state index contributed by atoms with van der Waals surface area (Å²) < 4.78 is 47.5. The molecule has 9 heteroatoms. The van der Waals surface area contributed by atoms with Crippen LogP contribution in [0.2, 0.25) is 0 Å². The van der Waals surface area contributed by atoms with Crippen molar-refractivity contribution in [3.8, 4) is 0 Å². The number of alkyl halides is 3. The number of nitrogens with one attached hydrogen (secondary N) is 1. The Kier molecular flexibility index (Phi) is 5.28. The topological polar surface area (TPSA) is 59.4 Å². The van der Waals surface area contributed by atoms with Crippen molar-refractivity contribution in [3.05, 3.63) is 11.8 Å². The number of hydrogen-bond donors (Lipinski definition) is 1. The number of rotatable bonds is 3. The molecular weight excluding hydrogens is 373 g/mol. The first-order valence-corrected chi connectivity index (χ1v) is 10.2. The van der Waals surface area contributed by atoms with Gasteiger partial charge in [0.25, 0.3) is 5.91 Å². The van der Waals surface area contributed by atoms with Gasteiger partial charge in [-0.25, -0.2) is 4.68 Å². The van der Waals surface area contributed by atoms with Crippen molar-refractivity contribution in [2.45, 2.75) is 82.3 Å². The molecule has 4 rings (SSSR count). The maximum atomic E-state index is 13.6. The molecule has 0 bridgehead atoms. The zero-order chi connectivity index (χ0) is 19.9. The number of anilines is 1. The normalized spacial score (nSPS) is 30.8. The van der Waals surface area contributed by atoms with E-state index in [9.17, 15) is 18.0 Å². The largest absolute Gasteiger partial charge is 0.410 e. The van der Waals surface area contributed by atoms with Gasteiger partial charge in [-0.05, 0) is 44.9 Å². The van der Waals surface area contributed by atoms with Gasteiger partial charge in [-0.3, -0.25) is 4.79 Å². The van der Waals surface area contributed by atoms with E-state index in [1.54, 1.807) is 11.0 Å². The molecule has 3 aliphatic heterocycles. The first-order valence-electron chi connectivity index (χ1n) is 10.2. The van der Waals surface area contributed by atoms with E-state index in [0.717, 1.165) is 23.9 Å². The summed E-state index contributed by atoms with van der Waals surface area (Å²) in [5.74, 6) is 0.338. The lowest BCUT2D eigenvalue weighted by molar-refractivity contribution is -0.173. The lowest BCUT2D eigenvalue weighted by Gasteiger charge is -2.36. The molecule has 0 saturated carbocycles. The molecule has 0 radical (unpaired) electrons. The first kappa shape index (κ1) is 19.5. The molecule has 0 aromatic carbocycles. The van der Waals surface area contributed by atoms with Crippen LogP contribution in [0.25, 0.3) is 0 Å². The van der Waals surface area contributed by atoms with Crippen LogP contribution in [0.5, 0.6) is 0 Å². The maximum absolute atomic E-state index is 13.6. The number of aromatic nitrogens is 2. The van der Waals surface area contributed by atoms with Gasteiger partial charge in [0.1, 0.15) is 11.9 Å². The smallest absolute Gasteiger partial charge is 0.368 e. The van der Waals surface area contributed by atoms with Gasteiger partial charge in [0.2, 0.25) is 0 Å². The van der Waals surface area contributed by atoms with E-state index >= 15 is 0 Å². The van der Waals surface area contributed by atoms with Crippen LogP contribution in [0.15, 0.2) is 6.07 Å². The van der Waals surface area contributed by atoms with Crippen LogP contribution in [-0.4, -0.2) is 52.1 Å². The van der Waals surface area contributed by atoms with Gasteiger partial charge in [0, 0.05) is 25.3 Å². The van der Waals surface area contributed by atoms with E-state index in [0.29, 0.717) is 43.9 Å². The number of carbonyl (C=O) groups is 1. The molecule has 156 valence electrons. The Balaban J connectivity index is 1.63. The summed E-state index contributed by atoms with van der Waals surface area (Å²) in [5, 5.41) is 7.53. The van der Waals surface area contributed by atoms with Crippen molar-refractivity contribution >= 4 is 11.7 Å². The van der Waals surface area contributed by atoms with Crippen LogP contribution in [0.1, 0.15) is 69.6 Å². The number of hydrogen-bond acceptors (Lipinski definition) is 4. The zero-order valence-electron chi connectivity index (χ0n) is 16.0. The molecule has 0 spiro atoms. The van der Waals surface area contributed by atoms with Crippen molar-refractivity contribution < 1.29 is 22.7 Å². The third kappa shape index (κ3) is 3.60. The van der Waals surface area contributed by atoms with Gasteiger partial charge in [0.05, 0.1) is 11.7 Å². The number of nitrogens with zero attached hydrogens (tertiary/aromatic N) is 3. The van der Waals surface area contributed by atoms with Crippen molar-refractivity contribution in [2.24, 2.45) is 0 Å². The highest BCUT2D eigenvalue weighted by molar-refractivity contribution is 5.81. The Morgan fingerprint density at radius 2 is 2.14 bits per heavy atom. The van der Waals surface area contributed by atoms with Crippen LogP contribution in [0, 0.1) is 0 Å². The standard InChI is InChI=1S/C19H27F3N4O2/c1-2-12-10-16(19(20,21)22)26-17(23-12)11-13(24-26)14-6-3-4-8-25(14)18(27)15-7-5-9-28-15/h11-12,14-16,23H,2-10H2,1H3/t12-,14+,15-,16-/m1/s1. The SMILES string of the molecule is CC[C@@H]1C[C@H](C(F)(F)F)n2nc([C@@H]3CCCCN3C(=O)[C@H]3CCCO3)cc2N1. The van der Waals surface area contributed by atoms with Crippen LogP contribution >= 0.6 is 0 Å². The molecule has 28 heavy (non-hydrogen) atoms. The van der Waals surface area contributed by atoms with E-state index in [-0.39, 0.29) is 24.4 Å². The maximum Gasteiger partial charge on any atom is 0.410 e. The number of halogens is 3. The molecular formula is C19H27F3N4O2. The fraction of sp³-hybridized carbons (Fsp3) is 0.789. The van der Waals surface area contributed by atoms with Gasteiger partial charge >= 0.3 is 6.18 Å². The summed E-state index contributed by atoms with van der Waals surface area (Å²) in [5.41, 5.74) is 0.541. The third-order valence-electron chi connectivity index (χ3n) is 6.11. The minimum absolute atomic E-state index is 0.0304. The predicted octanol–water partition coefficient (Wildman–Crippen LogP) is 3.81. The van der Waals surface area contributed by atoms with Crippen LogP contribution in [-0.2, 0) is 9.53 Å². The van der Waals surface area contributed by atoms with Gasteiger partial charge in [0.15, 0.2) is 6.04 Å². The fourth-order valence-electron chi connectivity index (χ4n) is 4.56. The number of carbonyl (C=O) groups excluding carboxylic acids is 1. The Labute approximate surface area is 162 Å². The minimum atomic E-state index is -4.35. The van der Waals surface area contributed by atoms with Crippen LogP contribution in [0.3, 0.4) is 0 Å². The van der Waals surface area contributed by atoms with E-state index in [4.69, 9.17) is 4.74 Å². The molecule has 3 aliphatic rings. The number of amides is 1. The number of likely N-dealkylation sites (tertiary alicyclic amines) is 1. The average Bonchev–Trinajstić information content (AvgIpc) is 3.35. The van der Waals surface area contributed by atoms with Crippen LogP contribution < -0.4 is 5.32 Å². The Hall–Kier alpha value is -1.77. The van der Waals surface area contributed by atoms with E-state index in [2.05, 4.69) is 10.4 Å². The lowest BCUT2D eigenvalue weighted by atomic mass is 9.98. The monoisotopic (exact) mass is 400 g/mol. The third-order valence-corrected chi connectivity index (χ3v) is 6.11. The summed E-state index contributed by atoms with van der Waals surface area (Å²) in [6.45, 7) is 3.06. The summed E-state index contributed by atoms with van der Waals surface area (Å²) in [6.07, 6.45) is -0.0998. The highest BCUT2D eigenvalue weighted by Gasteiger charge is 2.46. The molecule has 1 amide bonds. The average molecular weight is 400 g/mol. The van der Waals surface area contributed by atoms with E-state index in [1.807, 2.05) is 6.92 Å². The highest BCUT2D eigenvalue weighted by Crippen LogP contribution is 2.42. The summed E-state index contributed by atoms with van der Waals surface area (Å²) in [6, 6.07) is -0.459. The summed E-state index contributed by atoms with van der Waals surface area (Å²) in [4.78, 5) is 14.7. The van der Waals surface area contributed by atoms with Crippen LogP contribution in [0.4, 0.5) is 19.0 Å². The highest BCUT2D eigenvalue weighted by atomic mass is 19.4. The number of ether oxygens (including phenoxy) is 1. The second-order valence-electron chi connectivity index (χ2n) is 7.99. The van der Waals surface area contributed by atoms with Gasteiger partial charge < -0.3 is 15.0 Å². The van der Waals surface area contributed by atoms with Crippen molar-refractivity contribution in [2.75, 3.05) is 18.5 Å². The van der Waals surface area contributed by atoms with Gasteiger partial charge in [-0.15, -0.1) is 0 Å². The Morgan fingerprint density at radius 3 is 2.82 bits per heavy atom. The van der Waals surface area contributed by atoms with Crippen molar-refractivity contribution in [1.29, 1.82) is 0 Å². The van der Waals surface area contributed by atoms with Crippen molar-refractivity contribution in [3.63, 3.8) is 0 Å². The van der Waals surface area contributed by atoms with Gasteiger partial charge in [-0.2, -0.15) is 18.3 Å². The molecule has 4 atom stereocenters. The summed E-state index contributed by atoms with van der Waals surface area (Å²) in [7, 11) is 0. The molecule has 1 N–H and O–H groups in total. The molecule has 4 heterocycles. The molecule has 6 nitrogen and oxygen atoms in total. The first-order chi connectivity index (χ1) is 13.4. The molecule has 0 unspecified atom stereocenters. The Bertz CT molecular complexity index is 715. The zero-order valence-corrected chi connectivity index (χ0v) is 16.0. The van der Waals surface area contributed by atoms with E-state index < -0.39 is 18.3 Å². The molecule has 1 aromatic rings. The number of piperidine rings is 1. The van der Waals surface area contributed by atoms with Gasteiger partial charge in [-0.1, -0.05) is 6.92 Å². The minimum Gasteiger partial charge on any atom is -0.368 e. The number of fused-ring (bicyclic) bond motifs is 1. The summed E-state index contributed by atoms with van der Waals surface area (Å²) >= 11 is 0. The molecule has 1 aromatic heterocycles. The lowest BCUT2D eigenvalue weighted by Crippen LogP contribution is -2.44. The van der Waals surface area contributed by atoms with E-state index in [1.165, 1.54) is 0 Å². The fourth-order valence-corrected chi connectivity index (χ4v) is 4.56. The Morgan fingerprint density at radius 1 is 1.32 bits per heavy atom. The second-order valence-corrected chi connectivity index (χ2v) is 7.99. The molecule has 2 saturated heterocycles. The molecule has 0 aliphatic carbocycles. The molecule has 2 fully saturated rings. The second kappa shape index (κ2) is 7.57.